The van der Waals surface area contributed by atoms with Gasteiger partial charge >= 0.3 is 0 Å². The summed E-state index contributed by atoms with van der Waals surface area (Å²) in [7, 11) is 2.08. The Morgan fingerprint density at radius 2 is 2.12 bits per heavy atom. The van der Waals surface area contributed by atoms with Crippen LogP contribution in [0.3, 0.4) is 0 Å². The quantitative estimate of drug-likeness (QED) is 0.814. The molecule has 4 heteroatoms. The molecule has 0 saturated carbocycles. The lowest BCUT2D eigenvalue weighted by molar-refractivity contribution is -0.677. The summed E-state index contributed by atoms with van der Waals surface area (Å²) in [6, 6.07) is 12.8. The highest BCUT2D eigenvalue weighted by molar-refractivity contribution is 5.31. The Labute approximate surface area is 144 Å². The fourth-order valence-electron chi connectivity index (χ4n) is 3.47. The molecule has 3 N–H and O–H groups in total. The Kier molecular flexibility index (Phi) is 5.72. The minimum Gasteiger partial charge on any atom is -0.385 e. The highest BCUT2D eigenvalue weighted by Gasteiger charge is 2.21. The van der Waals surface area contributed by atoms with Gasteiger partial charge in [-0.15, -0.1) is 0 Å². The first-order valence-electron chi connectivity index (χ1n) is 8.95. The van der Waals surface area contributed by atoms with Crippen LogP contribution in [0, 0.1) is 6.92 Å². The summed E-state index contributed by atoms with van der Waals surface area (Å²) in [6.45, 7) is 4.06. The Morgan fingerprint density at radius 3 is 2.92 bits per heavy atom. The summed E-state index contributed by atoms with van der Waals surface area (Å²) in [5, 5.41) is 12.4. The molecule has 24 heavy (non-hydrogen) atoms. The minimum absolute atomic E-state index is 0.139. The summed E-state index contributed by atoms with van der Waals surface area (Å²) < 4.78 is 8.22. The summed E-state index contributed by atoms with van der Waals surface area (Å²) in [5.74, 6) is 0. The van der Waals surface area contributed by atoms with E-state index in [9.17, 15) is 5.11 Å². The molecule has 1 aromatic heterocycles. The van der Waals surface area contributed by atoms with E-state index >= 15 is 0 Å². The smallest absolute Gasteiger partial charge is 0.126 e. The normalized spacial score (nSPS) is 18.4. The van der Waals surface area contributed by atoms with Gasteiger partial charge in [0.2, 0.25) is 0 Å². The van der Waals surface area contributed by atoms with Gasteiger partial charge in [-0.25, -0.2) is 0 Å². The fourth-order valence-corrected chi connectivity index (χ4v) is 3.47. The van der Waals surface area contributed by atoms with Gasteiger partial charge in [-0.2, -0.15) is 0 Å². The number of ether oxygens (including phenoxy) is 1. The molecular formula is C20H29N2O2+. The number of aliphatic hydroxyl groups is 1. The van der Waals surface area contributed by atoms with Gasteiger partial charge in [-0.3, -0.25) is 0 Å². The predicted molar refractivity (Wildman–Crippen MR) is 94.7 cm³/mol. The van der Waals surface area contributed by atoms with Crippen molar-refractivity contribution < 1.29 is 15.2 Å². The zero-order valence-corrected chi connectivity index (χ0v) is 14.7. The zero-order valence-electron chi connectivity index (χ0n) is 14.7. The van der Waals surface area contributed by atoms with E-state index in [4.69, 9.17) is 4.74 Å². The summed E-state index contributed by atoms with van der Waals surface area (Å²) in [5.41, 5.74) is 5.24. The minimum atomic E-state index is -0.430. The van der Waals surface area contributed by atoms with E-state index in [1.165, 1.54) is 22.5 Å². The van der Waals surface area contributed by atoms with Crippen molar-refractivity contribution >= 4 is 0 Å². The van der Waals surface area contributed by atoms with Crippen LogP contribution < -0.4 is 5.32 Å². The SMILES string of the molecule is Cc1ccc(C[NH2+]C[C@H](O)CO[C@H]2CCCc3ccccc32)n1C. The Morgan fingerprint density at radius 1 is 1.29 bits per heavy atom. The van der Waals surface area contributed by atoms with Crippen LogP contribution in [0.25, 0.3) is 0 Å². The van der Waals surface area contributed by atoms with E-state index in [2.05, 4.69) is 60.3 Å². The lowest BCUT2D eigenvalue weighted by atomic mass is 9.89. The third-order valence-corrected chi connectivity index (χ3v) is 5.07. The van der Waals surface area contributed by atoms with Gasteiger partial charge in [0, 0.05) is 12.7 Å². The monoisotopic (exact) mass is 329 g/mol. The van der Waals surface area contributed by atoms with Crippen LogP contribution in [0.2, 0.25) is 0 Å². The second-order valence-electron chi connectivity index (χ2n) is 6.82. The lowest BCUT2D eigenvalue weighted by Gasteiger charge is -2.26. The van der Waals surface area contributed by atoms with E-state index in [-0.39, 0.29) is 6.10 Å². The molecule has 0 amide bonds. The van der Waals surface area contributed by atoms with Gasteiger partial charge in [0.1, 0.15) is 19.2 Å². The average molecular weight is 329 g/mol. The number of benzene rings is 1. The Hall–Kier alpha value is -1.62. The van der Waals surface area contributed by atoms with Gasteiger partial charge in [-0.05, 0) is 49.4 Å². The predicted octanol–water partition coefficient (Wildman–Crippen LogP) is 1.85. The molecule has 0 aliphatic heterocycles. The maximum absolute atomic E-state index is 10.2. The molecule has 2 atom stereocenters. The largest absolute Gasteiger partial charge is 0.385 e. The number of hydrogen-bond donors (Lipinski definition) is 2. The molecule has 130 valence electrons. The average Bonchev–Trinajstić information content (AvgIpc) is 2.92. The maximum Gasteiger partial charge on any atom is 0.126 e. The van der Waals surface area contributed by atoms with Crippen LogP contribution >= 0.6 is 0 Å². The van der Waals surface area contributed by atoms with Crippen molar-refractivity contribution in [3.05, 3.63) is 58.9 Å². The molecule has 0 spiro atoms. The molecule has 1 heterocycles. The number of nitrogens with zero attached hydrogens (tertiary/aromatic N) is 1. The van der Waals surface area contributed by atoms with Gasteiger partial charge in [0.15, 0.2) is 0 Å². The molecule has 0 fully saturated rings. The Bertz CT molecular complexity index is 665. The summed E-state index contributed by atoms with van der Waals surface area (Å²) in [4.78, 5) is 0. The van der Waals surface area contributed by atoms with Crippen molar-refractivity contribution in [2.24, 2.45) is 7.05 Å². The van der Waals surface area contributed by atoms with Crippen LogP contribution in [0.15, 0.2) is 36.4 Å². The number of hydrogen-bond acceptors (Lipinski definition) is 2. The number of quaternary nitrogens is 1. The van der Waals surface area contributed by atoms with Crippen LogP contribution in [0.4, 0.5) is 0 Å². The zero-order chi connectivity index (χ0) is 16.9. The molecule has 2 aromatic rings. The second kappa shape index (κ2) is 7.97. The first kappa shape index (κ1) is 17.2. The van der Waals surface area contributed by atoms with Crippen molar-refractivity contribution in [1.82, 2.24) is 4.57 Å². The third-order valence-electron chi connectivity index (χ3n) is 5.07. The van der Waals surface area contributed by atoms with Crippen LogP contribution in [-0.2, 0) is 24.8 Å². The number of aliphatic hydroxyl groups excluding tert-OH is 1. The number of fused-ring (bicyclic) bond motifs is 1. The molecular weight excluding hydrogens is 300 g/mol. The first-order chi connectivity index (χ1) is 11.6. The van der Waals surface area contributed by atoms with Crippen molar-refractivity contribution in [3.63, 3.8) is 0 Å². The molecule has 0 unspecified atom stereocenters. The highest BCUT2D eigenvalue weighted by atomic mass is 16.5. The van der Waals surface area contributed by atoms with Crippen molar-refractivity contribution in [1.29, 1.82) is 0 Å². The summed E-state index contributed by atoms with van der Waals surface area (Å²) in [6.07, 6.45) is 3.07. The fraction of sp³-hybridized carbons (Fsp3) is 0.500. The standard InChI is InChI=1S/C20H28N2O2/c1-15-10-11-17(22(15)2)12-21-13-18(23)14-24-20-9-5-7-16-6-3-4-8-19(16)20/h3-4,6,8,10-11,18,20-21,23H,5,7,9,12-14H2,1-2H3/p+1/t18-,20-/m0/s1. The number of aryl methyl sites for hydroxylation is 2. The van der Waals surface area contributed by atoms with Crippen LogP contribution in [0.1, 0.15) is 41.5 Å². The van der Waals surface area contributed by atoms with Crippen LogP contribution in [-0.4, -0.2) is 28.9 Å². The first-order valence-corrected chi connectivity index (χ1v) is 8.95. The van der Waals surface area contributed by atoms with Crippen molar-refractivity contribution in [2.45, 2.75) is 44.9 Å². The molecule has 0 saturated heterocycles. The number of rotatable bonds is 7. The van der Waals surface area contributed by atoms with E-state index in [0.717, 1.165) is 25.8 Å². The third kappa shape index (κ3) is 4.07. The maximum atomic E-state index is 10.2. The van der Waals surface area contributed by atoms with Gasteiger partial charge < -0.3 is 19.7 Å². The number of aromatic nitrogens is 1. The van der Waals surface area contributed by atoms with Crippen molar-refractivity contribution in [2.75, 3.05) is 13.2 Å². The Balaban J connectivity index is 1.43. The highest BCUT2D eigenvalue weighted by Crippen LogP contribution is 2.32. The van der Waals surface area contributed by atoms with Gasteiger partial charge in [0.25, 0.3) is 0 Å². The molecule has 0 radical (unpaired) electrons. The topological polar surface area (TPSA) is 51.0 Å². The number of nitrogens with two attached hydrogens (primary N) is 1. The van der Waals surface area contributed by atoms with E-state index in [1.807, 2.05) is 0 Å². The molecule has 1 aliphatic rings. The van der Waals surface area contributed by atoms with Crippen LogP contribution in [0.5, 0.6) is 0 Å². The molecule has 0 bridgehead atoms. The molecule has 1 aromatic carbocycles. The second-order valence-corrected chi connectivity index (χ2v) is 6.82. The lowest BCUT2D eigenvalue weighted by Crippen LogP contribution is -2.85. The molecule has 3 rings (SSSR count). The van der Waals surface area contributed by atoms with E-state index in [1.54, 1.807) is 0 Å². The van der Waals surface area contributed by atoms with E-state index in [0.29, 0.717) is 13.2 Å². The van der Waals surface area contributed by atoms with E-state index < -0.39 is 6.10 Å². The molecule has 1 aliphatic carbocycles. The van der Waals surface area contributed by atoms with Gasteiger partial charge in [-0.1, -0.05) is 24.3 Å². The van der Waals surface area contributed by atoms with Gasteiger partial charge in [0.05, 0.1) is 18.4 Å². The summed E-state index contributed by atoms with van der Waals surface area (Å²) >= 11 is 0. The molecule has 4 nitrogen and oxygen atoms in total. The van der Waals surface area contributed by atoms with Crippen molar-refractivity contribution in [3.8, 4) is 0 Å².